The molecule has 0 radical (unpaired) electrons. The van der Waals surface area contributed by atoms with Gasteiger partial charge in [-0.25, -0.2) is 0 Å². The first-order valence-electron chi connectivity index (χ1n) is 6.54. The zero-order chi connectivity index (χ0) is 11.5. The first-order valence-corrected chi connectivity index (χ1v) is 6.54. The van der Waals surface area contributed by atoms with Crippen molar-refractivity contribution in [3.8, 4) is 5.75 Å². The van der Waals surface area contributed by atoms with Crippen molar-refractivity contribution >= 4 is 0 Å². The van der Waals surface area contributed by atoms with Crippen molar-refractivity contribution in [1.82, 2.24) is 0 Å². The normalized spacial score (nSPS) is 17.6. The topological polar surface area (TPSA) is 20.2 Å². The summed E-state index contributed by atoms with van der Waals surface area (Å²) >= 11 is 0. The van der Waals surface area contributed by atoms with E-state index in [2.05, 4.69) is 26.0 Å². The van der Waals surface area contributed by atoms with Crippen LogP contribution in [0.15, 0.2) is 12.1 Å². The van der Waals surface area contributed by atoms with Gasteiger partial charge in [0, 0.05) is 0 Å². The van der Waals surface area contributed by atoms with Crippen LogP contribution in [0, 0.1) is 6.92 Å². The van der Waals surface area contributed by atoms with Gasteiger partial charge in [-0.05, 0) is 43.2 Å². The van der Waals surface area contributed by atoms with Crippen LogP contribution < -0.4 is 0 Å². The molecule has 16 heavy (non-hydrogen) atoms. The zero-order valence-electron chi connectivity index (χ0n) is 10.4. The number of hydrogen-bond donors (Lipinski definition) is 1. The van der Waals surface area contributed by atoms with E-state index in [1.807, 2.05) is 0 Å². The Morgan fingerprint density at radius 1 is 1.19 bits per heavy atom. The summed E-state index contributed by atoms with van der Waals surface area (Å²) in [6.45, 7) is 4.24. The van der Waals surface area contributed by atoms with Crippen LogP contribution in [0.25, 0.3) is 0 Å². The summed E-state index contributed by atoms with van der Waals surface area (Å²) in [7, 11) is 0. The Morgan fingerprint density at radius 3 is 2.50 bits per heavy atom. The standard InChI is InChI=1S/C15H22O/c1-3-12-9-11(2)10-14(15(12)16)13-7-5-4-6-8-13/h9-10,13,16H,3-8H2,1-2H3. The van der Waals surface area contributed by atoms with Gasteiger partial charge in [0.25, 0.3) is 0 Å². The van der Waals surface area contributed by atoms with Gasteiger partial charge in [0.2, 0.25) is 0 Å². The van der Waals surface area contributed by atoms with E-state index in [1.165, 1.54) is 43.2 Å². The highest BCUT2D eigenvalue weighted by molar-refractivity contribution is 5.45. The summed E-state index contributed by atoms with van der Waals surface area (Å²) in [5, 5.41) is 10.3. The zero-order valence-corrected chi connectivity index (χ0v) is 10.4. The van der Waals surface area contributed by atoms with Crippen LogP contribution in [-0.4, -0.2) is 5.11 Å². The van der Waals surface area contributed by atoms with Gasteiger partial charge in [-0.1, -0.05) is 43.9 Å². The van der Waals surface area contributed by atoms with Crippen LogP contribution >= 0.6 is 0 Å². The molecule has 0 atom stereocenters. The van der Waals surface area contributed by atoms with Gasteiger partial charge >= 0.3 is 0 Å². The first-order chi connectivity index (χ1) is 7.72. The number of hydrogen-bond acceptors (Lipinski definition) is 1. The minimum absolute atomic E-state index is 0.569. The average molecular weight is 218 g/mol. The summed E-state index contributed by atoms with van der Waals surface area (Å²) < 4.78 is 0. The van der Waals surface area contributed by atoms with E-state index in [9.17, 15) is 5.11 Å². The van der Waals surface area contributed by atoms with Crippen molar-refractivity contribution < 1.29 is 5.11 Å². The fourth-order valence-electron chi connectivity index (χ4n) is 2.88. The Labute approximate surface area is 98.5 Å². The van der Waals surface area contributed by atoms with Crippen LogP contribution in [0.3, 0.4) is 0 Å². The van der Waals surface area contributed by atoms with Gasteiger partial charge in [-0.3, -0.25) is 0 Å². The second-order valence-electron chi connectivity index (χ2n) is 5.05. The lowest BCUT2D eigenvalue weighted by Gasteiger charge is -2.24. The minimum Gasteiger partial charge on any atom is -0.507 e. The SMILES string of the molecule is CCc1cc(C)cc(C2CCCCC2)c1O. The third-order valence-corrected chi connectivity index (χ3v) is 3.79. The maximum Gasteiger partial charge on any atom is 0.122 e. The number of aryl methyl sites for hydroxylation is 2. The highest BCUT2D eigenvalue weighted by Crippen LogP contribution is 2.39. The molecule has 1 N–H and O–H groups in total. The summed E-state index contributed by atoms with van der Waals surface area (Å²) in [6.07, 6.45) is 7.43. The van der Waals surface area contributed by atoms with Crippen molar-refractivity contribution in [1.29, 1.82) is 0 Å². The fourth-order valence-corrected chi connectivity index (χ4v) is 2.88. The lowest BCUT2D eigenvalue weighted by Crippen LogP contribution is -2.06. The fraction of sp³-hybridized carbons (Fsp3) is 0.600. The molecule has 1 fully saturated rings. The van der Waals surface area contributed by atoms with E-state index in [0.717, 1.165) is 12.0 Å². The van der Waals surface area contributed by atoms with Crippen LogP contribution in [0.4, 0.5) is 0 Å². The molecule has 1 heteroatoms. The van der Waals surface area contributed by atoms with Gasteiger partial charge in [0.05, 0.1) is 0 Å². The van der Waals surface area contributed by atoms with Crippen LogP contribution in [0.1, 0.15) is 61.6 Å². The summed E-state index contributed by atoms with van der Waals surface area (Å²) in [6, 6.07) is 4.30. The molecule has 0 spiro atoms. The Morgan fingerprint density at radius 2 is 1.88 bits per heavy atom. The van der Waals surface area contributed by atoms with E-state index in [0.29, 0.717) is 11.7 Å². The van der Waals surface area contributed by atoms with Crippen LogP contribution in [0.5, 0.6) is 5.75 Å². The highest BCUT2D eigenvalue weighted by atomic mass is 16.3. The third-order valence-electron chi connectivity index (χ3n) is 3.79. The first kappa shape index (κ1) is 11.5. The van der Waals surface area contributed by atoms with Crippen LogP contribution in [-0.2, 0) is 6.42 Å². The summed E-state index contributed by atoms with van der Waals surface area (Å²) in [5.74, 6) is 1.17. The van der Waals surface area contributed by atoms with E-state index in [-0.39, 0.29) is 0 Å². The molecule has 1 aromatic carbocycles. The monoisotopic (exact) mass is 218 g/mol. The van der Waals surface area contributed by atoms with Gasteiger partial charge in [-0.15, -0.1) is 0 Å². The molecule has 0 unspecified atom stereocenters. The van der Waals surface area contributed by atoms with E-state index in [4.69, 9.17) is 0 Å². The minimum atomic E-state index is 0.569. The number of rotatable bonds is 2. The molecule has 2 rings (SSSR count). The van der Waals surface area contributed by atoms with Crippen LogP contribution in [0.2, 0.25) is 0 Å². The summed E-state index contributed by atoms with van der Waals surface area (Å²) in [5.41, 5.74) is 3.60. The van der Waals surface area contributed by atoms with E-state index >= 15 is 0 Å². The Bertz CT molecular complexity index is 362. The van der Waals surface area contributed by atoms with Crippen molar-refractivity contribution in [3.63, 3.8) is 0 Å². The molecule has 88 valence electrons. The molecule has 0 heterocycles. The molecule has 0 amide bonds. The maximum absolute atomic E-state index is 10.3. The van der Waals surface area contributed by atoms with Crippen molar-refractivity contribution in [2.75, 3.05) is 0 Å². The second-order valence-corrected chi connectivity index (χ2v) is 5.05. The molecule has 1 aliphatic rings. The highest BCUT2D eigenvalue weighted by Gasteiger charge is 2.20. The van der Waals surface area contributed by atoms with E-state index < -0.39 is 0 Å². The lowest BCUT2D eigenvalue weighted by atomic mass is 9.82. The molecular formula is C15H22O. The molecule has 1 saturated carbocycles. The number of benzene rings is 1. The van der Waals surface area contributed by atoms with E-state index in [1.54, 1.807) is 0 Å². The third kappa shape index (κ3) is 2.23. The Balaban J connectivity index is 2.34. The molecule has 1 nitrogen and oxygen atoms in total. The molecule has 0 bridgehead atoms. The molecule has 0 saturated heterocycles. The Kier molecular flexibility index (Phi) is 3.52. The van der Waals surface area contributed by atoms with Gasteiger partial charge < -0.3 is 5.11 Å². The summed E-state index contributed by atoms with van der Waals surface area (Å²) in [4.78, 5) is 0. The largest absolute Gasteiger partial charge is 0.507 e. The van der Waals surface area contributed by atoms with Gasteiger partial charge in [0.15, 0.2) is 0 Å². The molecular weight excluding hydrogens is 196 g/mol. The molecule has 0 aromatic heterocycles. The molecule has 0 aliphatic heterocycles. The van der Waals surface area contributed by atoms with Crippen molar-refractivity contribution in [3.05, 3.63) is 28.8 Å². The smallest absolute Gasteiger partial charge is 0.122 e. The maximum atomic E-state index is 10.3. The van der Waals surface area contributed by atoms with Gasteiger partial charge in [0.1, 0.15) is 5.75 Å². The quantitative estimate of drug-likeness (QED) is 0.784. The molecule has 1 aromatic rings. The number of phenolic OH excluding ortho intramolecular Hbond substituents is 1. The number of aromatic hydroxyl groups is 1. The Hall–Kier alpha value is -0.980. The molecule has 1 aliphatic carbocycles. The number of phenols is 1. The second kappa shape index (κ2) is 4.90. The average Bonchev–Trinajstić information content (AvgIpc) is 2.33. The predicted molar refractivity (Wildman–Crippen MR) is 68.0 cm³/mol. The van der Waals surface area contributed by atoms with Crippen molar-refractivity contribution in [2.24, 2.45) is 0 Å². The lowest BCUT2D eigenvalue weighted by molar-refractivity contribution is 0.411. The van der Waals surface area contributed by atoms with Gasteiger partial charge in [-0.2, -0.15) is 0 Å². The van der Waals surface area contributed by atoms with Crippen molar-refractivity contribution in [2.45, 2.75) is 58.3 Å². The predicted octanol–water partition coefficient (Wildman–Crippen LogP) is 4.31.